The molecule has 1 atom stereocenters. The van der Waals surface area contributed by atoms with Crippen LogP contribution in [0.15, 0.2) is 12.1 Å². The van der Waals surface area contributed by atoms with Gasteiger partial charge >= 0.3 is 0 Å². The summed E-state index contributed by atoms with van der Waals surface area (Å²) in [4.78, 5) is 4.47. The van der Waals surface area contributed by atoms with Gasteiger partial charge in [0.1, 0.15) is 11.4 Å². The quantitative estimate of drug-likeness (QED) is 0.891. The largest absolute Gasteiger partial charge is 0.470 e. The minimum atomic E-state index is -0.296. The van der Waals surface area contributed by atoms with Crippen LogP contribution in [0.5, 0.6) is 5.88 Å². The maximum atomic E-state index is 5.91. The van der Waals surface area contributed by atoms with Crippen molar-refractivity contribution in [2.75, 3.05) is 34.9 Å². The molecule has 0 aromatic carbocycles. The predicted octanol–water partition coefficient (Wildman–Crippen LogP) is 3.10. The van der Waals surface area contributed by atoms with E-state index in [1.807, 2.05) is 56.4 Å². The molecule has 2 rings (SSSR count). The standard InChI is InChI=1S/C14H23N3OS2/c1-14(2,3)18-13-11(15)4-5-12(17-13)16-8-10-9-19-6-7-20-10/h4-5,10H,6-9,15H2,1-3H3,(H,16,17). The summed E-state index contributed by atoms with van der Waals surface area (Å²) in [6.45, 7) is 6.90. The summed E-state index contributed by atoms with van der Waals surface area (Å²) in [6.07, 6.45) is 0. The van der Waals surface area contributed by atoms with Crippen LogP contribution in [0.3, 0.4) is 0 Å². The smallest absolute Gasteiger partial charge is 0.239 e. The predicted molar refractivity (Wildman–Crippen MR) is 91.1 cm³/mol. The second-order valence-corrected chi connectivity index (χ2v) is 8.31. The first-order chi connectivity index (χ1) is 9.44. The van der Waals surface area contributed by atoms with Crippen LogP contribution in [-0.2, 0) is 0 Å². The van der Waals surface area contributed by atoms with E-state index in [1.54, 1.807) is 0 Å². The summed E-state index contributed by atoms with van der Waals surface area (Å²) in [5.41, 5.74) is 6.19. The average molecular weight is 313 g/mol. The monoisotopic (exact) mass is 313 g/mol. The van der Waals surface area contributed by atoms with E-state index in [-0.39, 0.29) is 5.60 Å². The highest BCUT2D eigenvalue weighted by Crippen LogP contribution is 2.26. The van der Waals surface area contributed by atoms with Crippen molar-refractivity contribution >= 4 is 35.0 Å². The van der Waals surface area contributed by atoms with E-state index >= 15 is 0 Å². The SMILES string of the molecule is CC(C)(C)Oc1nc(NCC2CSCCS2)ccc1N. The van der Waals surface area contributed by atoms with Gasteiger partial charge in [-0.15, -0.1) is 0 Å². The normalized spacial score (nSPS) is 19.6. The van der Waals surface area contributed by atoms with Crippen molar-refractivity contribution in [3.05, 3.63) is 12.1 Å². The number of pyridine rings is 1. The van der Waals surface area contributed by atoms with Crippen LogP contribution in [-0.4, -0.2) is 39.6 Å². The van der Waals surface area contributed by atoms with Crippen LogP contribution in [0.2, 0.25) is 0 Å². The van der Waals surface area contributed by atoms with Crippen LogP contribution < -0.4 is 15.8 Å². The number of thioether (sulfide) groups is 2. The van der Waals surface area contributed by atoms with Crippen molar-refractivity contribution in [3.63, 3.8) is 0 Å². The van der Waals surface area contributed by atoms with E-state index in [0.29, 0.717) is 16.8 Å². The fourth-order valence-corrected chi connectivity index (χ4v) is 4.41. The molecule has 6 heteroatoms. The van der Waals surface area contributed by atoms with Crippen LogP contribution in [0.25, 0.3) is 0 Å². The first kappa shape index (κ1) is 15.6. The van der Waals surface area contributed by atoms with Gasteiger partial charge < -0.3 is 15.8 Å². The maximum absolute atomic E-state index is 5.91. The molecule has 0 spiro atoms. The fourth-order valence-electron chi connectivity index (χ4n) is 1.79. The van der Waals surface area contributed by atoms with E-state index in [2.05, 4.69) is 10.3 Å². The first-order valence-electron chi connectivity index (χ1n) is 6.83. The summed E-state index contributed by atoms with van der Waals surface area (Å²) in [5.74, 6) is 5.05. The molecule has 1 aromatic rings. The Bertz CT molecular complexity index is 443. The van der Waals surface area contributed by atoms with Crippen molar-refractivity contribution in [2.45, 2.75) is 31.6 Å². The third kappa shape index (κ3) is 4.98. The second kappa shape index (κ2) is 6.80. The lowest BCUT2D eigenvalue weighted by molar-refractivity contribution is 0.125. The van der Waals surface area contributed by atoms with Gasteiger partial charge in [0.2, 0.25) is 5.88 Å². The zero-order chi connectivity index (χ0) is 14.6. The number of rotatable bonds is 4. The van der Waals surface area contributed by atoms with Crippen LogP contribution in [0.1, 0.15) is 20.8 Å². The van der Waals surface area contributed by atoms with Gasteiger partial charge in [-0.25, -0.2) is 0 Å². The van der Waals surface area contributed by atoms with Crippen molar-refractivity contribution < 1.29 is 4.74 Å². The van der Waals surface area contributed by atoms with Gasteiger partial charge in [-0.2, -0.15) is 28.5 Å². The molecule has 0 aliphatic carbocycles. The van der Waals surface area contributed by atoms with Crippen LogP contribution in [0.4, 0.5) is 11.5 Å². The summed E-state index contributed by atoms with van der Waals surface area (Å²) >= 11 is 4.06. The van der Waals surface area contributed by atoms with E-state index < -0.39 is 0 Å². The summed E-state index contributed by atoms with van der Waals surface area (Å²) in [5, 5.41) is 4.04. The van der Waals surface area contributed by atoms with Crippen molar-refractivity contribution in [2.24, 2.45) is 0 Å². The van der Waals surface area contributed by atoms with Gasteiger partial charge in [0.15, 0.2) is 0 Å². The molecule has 1 aliphatic heterocycles. The number of nitrogens with one attached hydrogen (secondary N) is 1. The summed E-state index contributed by atoms with van der Waals surface area (Å²) < 4.78 is 5.78. The highest BCUT2D eigenvalue weighted by atomic mass is 32.2. The number of hydrogen-bond donors (Lipinski definition) is 2. The molecule has 0 saturated carbocycles. The third-order valence-electron chi connectivity index (χ3n) is 2.69. The number of aromatic nitrogens is 1. The van der Waals surface area contributed by atoms with Crippen molar-refractivity contribution in [3.8, 4) is 5.88 Å². The molecular weight excluding hydrogens is 290 g/mol. The molecule has 0 amide bonds. The van der Waals surface area contributed by atoms with E-state index in [1.165, 1.54) is 17.3 Å². The molecule has 1 saturated heterocycles. The Morgan fingerprint density at radius 3 is 2.85 bits per heavy atom. The molecule has 3 N–H and O–H groups in total. The Hall–Kier alpha value is -0.750. The molecule has 4 nitrogen and oxygen atoms in total. The zero-order valence-corrected chi connectivity index (χ0v) is 13.9. The molecule has 20 heavy (non-hydrogen) atoms. The Kier molecular flexibility index (Phi) is 5.32. The van der Waals surface area contributed by atoms with Crippen molar-refractivity contribution in [1.29, 1.82) is 0 Å². The summed E-state index contributed by atoms with van der Waals surface area (Å²) in [6, 6.07) is 3.75. The number of nitrogen functional groups attached to an aromatic ring is 1. The lowest BCUT2D eigenvalue weighted by atomic mass is 10.2. The molecule has 2 heterocycles. The van der Waals surface area contributed by atoms with Gasteiger partial charge in [-0.3, -0.25) is 0 Å². The van der Waals surface area contributed by atoms with Crippen molar-refractivity contribution in [1.82, 2.24) is 4.98 Å². The number of anilines is 2. The number of hydrogen-bond acceptors (Lipinski definition) is 6. The second-order valence-electron chi connectivity index (χ2n) is 5.75. The number of nitrogens with zero attached hydrogens (tertiary/aromatic N) is 1. The Morgan fingerprint density at radius 2 is 2.20 bits per heavy atom. The first-order valence-corrected chi connectivity index (χ1v) is 9.03. The topological polar surface area (TPSA) is 60.2 Å². The molecule has 0 bridgehead atoms. The molecule has 1 aromatic heterocycles. The highest BCUT2D eigenvalue weighted by Gasteiger charge is 2.17. The van der Waals surface area contributed by atoms with Gasteiger partial charge in [0, 0.05) is 29.1 Å². The lowest BCUT2D eigenvalue weighted by Crippen LogP contribution is -2.25. The summed E-state index contributed by atoms with van der Waals surface area (Å²) in [7, 11) is 0. The van der Waals surface area contributed by atoms with Gasteiger partial charge in [0.25, 0.3) is 0 Å². The molecule has 1 unspecified atom stereocenters. The maximum Gasteiger partial charge on any atom is 0.239 e. The van der Waals surface area contributed by atoms with Crippen LogP contribution in [0, 0.1) is 0 Å². The Morgan fingerprint density at radius 1 is 1.40 bits per heavy atom. The minimum absolute atomic E-state index is 0.296. The lowest BCUT2D eigenvalue weighted by Gasteiger charge is -2.23. The zero-order valence-electron chi connectivity index (χ0n) is 12.3. The van der Waals surface area contributed by atoms with Gasteiger partial charge in [0.05, 0.1) is 5.69 Å². The third-order valence-corrected chi connectivity index (χ3v) is 5.53. The fraction of sp³-hybridized carbons (Fsp3) is 0.643. The van der Waals surface area contributed by atoms with Gasteiger partial charge in [-0.1, -0.05) is 0 Å². The molecule has 1 fully saturated rings. The molecular formula is C14H23N3OS2. The Labute approximate surface area is 129 Å². The Balaban J connectivity index is 1.96. The number of ether oxygens (including phenoxy) is 1. The minimum Gasteiger partial charge on any atom is -0.470 e. The average Bonchev–Trinajstić information content (AvgIpc) is 2.39. The highest BCUT2D eigenvalue weighted by molar-refractivity contribution is 8.06. The molecule has 112 valence electrons. The van der Waals surface area contributed by atoms with E-state index in [4.69, 9.17) is 10.5 Å². The molecule has 0 radical (unpaired) electrons. The van der Waals surface area contributed by atoms with E-state index in [9.17, 15) is 0 Å². The molecule has 1 aliphatic rings. The van der Waals surface area contributed by atoms with Crippen LogP contribution >= 0.6 is 23.5 Å². The number of nitrogens with two attached hydrogens (primary N) is 1. The van der Waals surface area contributed by atoms with Gasteiger partial charge in [-0.05, 0) is 32.9 Å². The van der Waals surface area contributed by atoms with E-state index in [0.717, 1.165) is 12.4 Å².